The number of phenols is 1. The quantitative estimate of drug-likeness (QED) is 0.765. The van der Waals surface area contributed by atoms with Gasteiger partial charge < -0.3 is 14.9 Å². The summed E-state index contributed by atoms with van der Waals surface area (Å²) in [5.74, 6) is -0.871. The van der Waals surface area contributed by atoms with Gasteiger partial charge in [0, 0.05) is 5.56 Å². The third kappa shape index (κ3) is 3.96. The van der Waals surface area contributed by atoms with Crippen LogP contribution in [0.25, 0.3) is 6.08 Å². The van der Waals surface area contributed by atoms with Crippen molar-refractivity contribution in [3.63, 3.8) is 0 Å². The zero-order chi connectivity index (χ0) is 17.7. The van der Waals surface area contributed by atoms with Crippen LogP contribution in [0.4, 0.5) is 0 Å². The van der Waals surface area contributed by atoms with Crippen molar-refractivity contribution in [3.8, 4) is 11.5 Å². The molecule has 4 heteroatoms. The molecule has 1 atom stereocenters. The number of rotatable bonds is 7. The molecule has 0 radical (unpaired) electrons. The number of ether oxygens (including phenoxy) is 1. The van der Waals surface area contributed by atoms with Gasteiger partial charge >= 0.3 is 5.97 Å². The fraction of sp³-hybridized carbons (Fsp3) is 0.250. The third-order valence-corrected chi connectivity index (χ3v) is 4.11. The highest BCUT2D eigenvalue weighted by Crippen LogP contribution is 2.35. The first-order chi connectivity index (χ1) is 11.5. The molecule has 2 N–H and O–H groups in total. The number of benzene rings is 2. The molecule has 4 nitrogen and oxygen atoms in total. The fourth-order valence-electron chi connectivity index (χ4n) is 2.39. The van der Waals surface area contributed by atoms with Crippen molar-refractivity contribution in [3.05, 3.63) is 65.2 Å². The van der Waals surface area contributed by atoms with Crippen LogP contribution in [0.1, 0.15) is 53.2 Å². The minimum atomic E-state index is -1.17. The molecule has 0 bridgehead atoms. The second-order valence-corrected chi connectivity index (χ2v) is 5.76. The first kappa shape index (κ1) is 17.6. The van der Waals surface area contributed by atoms with Gasteiger partial charge in [0.2, 0.25) is 0 Å². The monoisotopic (exact) mass is 326 g/mol. The van der Waals surface area contributed by atoms with E-state index in [1.54, 1.807) is 12.1 Å². The van der Waals surface area contributed by atoms with Crippen molar-refractivity contribution in [2.75, 3.05) is 0 Å². The predicted molar refractivity (Wildman–Crippen MR) is 94.6 cm³/mol. The van der Waals surface area contributed by atoms with Crippen LogP contribution in [0.5, 0.6) is 11.5 Å². The molecule has 24 heavy (non-hydrogen) atoms. The van der Waals surface area contributed by atoms with Gasteiger partial charge in [0.1, 0.15) is 23.7 Å². The van der Waals surface area contributed by atoms with E-state index in [-0.39, 0.29) is 17.2 Å². The Hall–Kier alpha value is -2.75. The Kier molecular flexibility index (Phi) is 5.64. The lowest BCUT2D eigenvalue weighted by Gasteiger charge is -2.16. The molecule has 0 aliphatic carbocycles. The van der Waals surface area contributed by atoms with Crippen molar-refractivity contribution >= 4 is 12.0 Å². The van der Waals surface area contributed by atoms with Gasteiger partial charge in [0.15, 0.2) is 0 Å². The van der Waals surface area contributed by atoms with Crippen molar-refractivity contribution in [2.45, 2.75) is 32.8 Å². The highest BCUT2D eigenvalue weighted by molar-refractivity contribution is 5.92. The number of carboxylic acid groups (broad SMARTS) is 1. The maximum atomic E-state index is 11.4. The summed E-state index contributed by atoms with van der Waals surface area (Å²) in [4.78, 5) is 11.4. The molecular formula is C20H22O4. The minimum Gasteiger partial charge on any atom is -0.507 e. The van der Waals surface area contributed by atoms with Crippen LogP contribution in [0.3, 0.4) is 0 Å². The standard InChI is InChI=1S/C20H22O4/c1-4-13(3)17-10-16(11-18(19(17)21)20(22)23)24-12-15-8-6-14(5-2)7-9-15/h5-11,13,21H,2,4,12H2,1,3H3,(H,22,23). The zero-order valence-electron chi connectivity index (χ0n) is 14.0. The van der Waals surface area contributed by atoms with Gasteiger partial charge in [-0.25, -0.2) is 4.79 Å². The Bertz CT molecular complexity index is 732. The molecule has 0 amide bonds. The molecule has 126 valence electrons. The lowest BCUT2D eigenvalue weighted by molar-refractivity contribution is 0.0693. The van der Waals surface area contributed by atoms with Crippen LogP contribution in [-0.4, -0.2) is 16.2 Å². The molecule has 2 aromatic carbocycles. The Balaban J connectivity index is 2.26. The number of carboxylic acids is 1. The third-order valence-electron chi connectivity index (χ3n) is 4.11. The van der Waals surface area contributed by atoms with E-state index in [0.717, 1.165) is 17.5 Å². The summed E-state index contributed by atoms with van der Waals surface area (Å²) in [6, 6.07) is 10.8. The van der Waals surface area contributed by atoms with Crippen LogP contribution in [0.2, 0.25) is 0 Å². The summed E-state index contributed by atoms with van der Waals surface area (Å²) < 4.78 is 5.75. The van der Waals surface area contributed by atoms with Gasteiger partial charge in [-0.1, -0.05) is 50.8 Å². The van der Waals surface area contributed by atoms with Crippen molar-refractivity contribution in [1.29, 1.82) is 0 Å². The Morgan fingerprint density at radius 2 is 1.96 bits per heavy atom. The summed E-state index contributed by atoms with van der Waals surface area (Å²) in [7, 11) is 0. The summed E-state index contributed by atoms with van der Waals surface area (Å²) in [5, 5.41) is 19.5. The van der Waals surface area contributed by atoms with E-state index in [9.17, 15) is 15.0 Å². The number of hydrogen-bond acceptors (Lipinski definition) is 3. The Morgan fingerprint density at radius 3 is 2.50 bits per heavy atom. The average Bonchev–Trinajstić information content (AvgIpc) is 2.60. The van der Waals surface area contributed by atoms with Crippen LogP contribution >= 0.6 is 0 Å². The van der Waals surface area contributed by atoms with Crippen LogP contribution in [-0.2, 0) is 6.61 Å². The summed E-state index contributed by atoms with van der Waals surface area (Å²) in [6.45, 7) is 7.96. The SMILES string of the molecule is C=Cc1ccc(COc2cc(C(=O)O)c(O)c(C(C)CC)c2)cc1. The molecule has 0 fully saturated rings. The maximum absolute atomic E-state index is 11.4. The van der Waals surface area contributed by atoms with Gasteiger partial charge in [-0.2, -0.15) is 0 Å². The molecule has 0 spiro atoms. The number of aromatic carboxylic acids is 1. The highest BCUT2D eigenvalue weighted by atomic mass is 16.5. The summed E-state index contributed by atoms with van der Waals surface area (Å²) >= 11 is 0. The summed E-state index contributed by atoms with van der Waals surface area (Å²) in [5.41, 5.74) is 2.45. The first-order valence-electron chi connectivity index (χ1n) is 7.90. The van der Waals surface area contributed by atoms with Crippen LogP contribution in [0.15, 0.2) is 43.0 Å². The van der Waals surface area contributed by atoms with Crippen LogP contribution in [0, 0.1) is 0 Å². The molecule has 0 heterocycles. The largest absolute Gasteiger partial charge is 0.507 e. The number of aromatic hydroxyl groups is 1. The van der Waals surface area contributed by atoms with Crippen molar-refractivity contribution in [1.82, 2.24) is 0 Å². The molecule has 0 saturated heterocycles. The molecular weight excluding hydrogens is 304 g/mol. The lowest BCUT2D eigenvalue weighted by Crippen LogP contribution is -2.04. The number of hydrogen-bond donors (Lipinski definition) is 2. The van der Waals surface area contributed by atoms with E-state index < -0.39 is 5.97 Å². The van der Waals surface area contributed by atoms with Crippen molar-refractivity contribution in [2.24, 2.45) is 0 Å². The maximum Gasteiger partial charge on any atom is 0.339 e. The molecule has 2 rings (SSSR count). The smallest absolute Gasteiger partial charge is 0.339 e. The Morgan fingerprint density at radius 1 is 1.29 bits per heavy atom. The summed E-state index contributed by atoms with van der Waals surface area (Å²) in [6.07, 6.45) is 2.56. The van der Waals surface area contributed by atoms with E-state index in [4.69, 9.17) is 4.74 Å². The van der Waals surface area contributed by atoms with Gasteiger partial charge in [0.25, 0.3) is 0 Å². The minimum absolute atomic E-state index is 0.0403. The van der Waals surface area contributed by atoms with E-state index in [1.807, 2.05) is 38.1 Å². The second kappa shape index (κ2) is 7.68. The van der Waals surface area contributed by atoms with E-state index in [1.165, 1.54) is 6.07 Å². The zero-order valence-corrected chi connectivity index (χ0v) is 14.0. The molecule has 0 saturated carbocycles. The predicted octanol–water partition coefficient (Wildman–Crippen LogP) is 4.83. The molecule has 0 aliphatic rings. The molecule has 2 aromatic rings. The van der Waals surface area contributed by atoms with Crippen molar-refractivity contribution < 1.29 is 19.7 Å². The Labute approximate surface area is 142 Å². The van der Waals surface area contributed by atoms with Gasteiger partial charge in [-0.15, -0.1) is 0 Å². The highest BCUT2D eigenvalue weighted by Gasteiger charge is 2.19. The first-order valence-corrected chi connectivity index (χ1v) is 7.90. The lowest BCUT2D eigenvalue weighted by atomic mass is 9.95. The second-order valence-electron chi connectivity index (χ2n) is 5.76. The van der Waals surface area contributed by atoms with E-state index in [0.29, 0.717) is 17.9 Å². The van der Waals surface area contributed by atoms with E-state index in [2.05, 4.69) is 6.58 Å². The van der Waals surface area contributed by atoms with Gasteiger partial charge in [-0.05, 0) is 35.6 Å². The number of carbonyl (C=O) groups is 1. The molecule has 0 aliphatic heterocycles. The van der Waals surface area contributed by atoms with E-state index >= 15 is 0 Å². The van der Waals surface area contributed by atoms with Crippen LogP contribution < -0.4 is 4.74 Å². The molecule has 1 unspecified atom stereocenters. The van der Waals surface area contributed by atoms with Gasteiger partial charge in [0.05, 0.1) is 0 Å². The fourth-order valence-corrected chi connectivity index (χ4v) is 2.39. The molecule has 0 aromatic heterocycles. The van der Waals surface area contributed by atoms with Gasteiger partial charge in [-0.3, -0.25) is 0 Å². The average molecular weight is 326 g/mol. The normalized spacial score (nSPS) is 11.8. The topological polar surface area (TPSA) is 66.8 Å².